The fraction of sp³-hybridized carbons (Fsp3) is 0.500. The maximum atomic E-state index is 10.1. The van der Waals surface area contributed by atoms with Crippen molar-refractivity contribution in [2.45, 2.75) is 25.7 Å². The van der Waals surface area contributed by atoms with E-state index >= 15 is 0 Å². The maximum Gasteiger partial charge on any atom is 0.120 e. The number of hydrogen-bond acceptors (Lipinski definition) is 2. The summed E-state index contributed by atoms with van der Waals surface area (Å²) in [6.07, 6.45) is 8.57. The standard InChI is InChI=1S/C10H14O2/c1-12-10-6-4-9(5-7-10)3-2-8-11/h4,6,8H,2-3,5,7H2,1H3. The molecule has 2 nitrogen and oxygen atoms in total. The van der Waals surface area contributed by atoms with Crippen LogP contribution < -0.4 is 0 Å². The van der Waals surface area contributed by atoms with Gasteiger partial charge in [0.1, 0.15) is 6.29 Å². The van der Waals surface area contributed by atoms with Crippen molar-refractivity contribution in [2.75, 3.05) is 7.11 Å². The minimum Gasteiger partial charge on any atom is -0.501 e. The van der Waals surface area contributed by atoms with Gasteiger partial charge in [0.25, 0.3) is 0 Å². The number of ether oxygens (including phenoxy) is 1. The van der Waals surface area contributed by atoms with Crippen molar-refractivity contribution >= 4 is 6.29 Å². The first kappa shape index (κ1) is 9.04. The SMILES string of the molecule is COC1=CC=C(CCC=O)CC1. The van der Waals surface area contributed by atoms with Crippen LogP contribution in [-0.2, 0) is 9.53 Å². The average Bonchev–Trinajstić information content (AvgIpc) is 2.15. The zero-order valence-electron chi connectivity index (χ0n) is 7.38. The van der Waals surface area contributed by atoms with Crippen LogP contribution in [0, 0.1) is 0 Å². The normalized spacial score (nSPS) is 16.4. The van der Waals surface area contributed by atoms with E-state index in [0.717, 1.165) is 31.3 Å². The molecule has 0 aliphatic heterocycles. The smallest absolute Gasteiger partial charge is 0.120 e. The zero-order chi connectivity index (χ0) is 8.81. The predicted octanol–water partition coefficient (Wildman–Crippen LogP) is 2.22. The molecule has 0 radical (unpaired) electrons. The van der Waals surface area contributed by atoms with E-state index in [9.17, 15) is 4.79 Å². The van der Waals surface area contributed by atoms with Crippen LogP contribution in [0.4, 0.5) is 0 Å². The first-order chi connectivity index (χ1) is 5.86. The zero-order valence-corrected chi connectivity index (χ0v) is 7.38. The summed E-state index contributed by atoms with van der Waals surface area (Å²) in [6, 6.07) is 0. The Kier molecular flexibility index (Phi) is 3.58. The van der Waals surface area contributed by atoms with Gasteiger partial charge in [0.2, 0.25) is 0 Å². The molecule has 0 N–H and O–H groups in total. The van der Waals surface area contributed by atoms with Crippen molar-refractivity contribution in [3.8, 4) is 0 Å². The van der Waals surface area contributed by atoms with E-state index in [2.05, 4.69) is 6.08 Å². The molecule has 0 aromatic rings. The Balaban J connectivity index is 2.42. The maximum absolute atomic E-state index is 10.1. The molecular weight excluding hydrogens is 152 g/mol. The molecule has 0 amide bonds. The first-order valence-corrected chi connectivity index (χ1v) is 4.23. The molecule has 0 atom stereocenters. The van der Waals surface area contributed by atoms with Gasteiger partial charge in [-0.15, -0.1) is 0 Å². The van der Waals surface area contributed by atoms with Crippen LogP contribution in [-0.4, -0.2) is 13.4 Å². The Morgan fingerprint density at radius 1 is 1.50 bits per heavy atom. The first-order valence-electron chi connectivity index (χ1n) is 4.23. The number of rotatable bonds is 4. The molecule has 0 heterocycles. The number of hydrogen-bond donors (Lipinski definition) is 0. The molecule has 0 aromatic heterocycles. The summed E-state index contributed by atoms with van der Waals surface area (Å²) in [5, 5.41) is 0. The highest BCUT2D eigenvalue weighted by atomic mass is 16.5. The van der Waals surface area contributed by atoms with E-state index in [1.54, 1.807) is 7.11 Å². The Bertz CT molecular complexity index is 214. The van der Waals surface area contributed by atoms with Crippen LogP contribution in [0.3, 0.4) is 0 Å². The molecule has 0 spiro atoms. The lowest BCUT2D eigenvalue weighted by atomic mass is 10.00. The summed E-state index contributed by atoms with van der Waals surface area (Å²) < 4.78 is 5.09. The van der Waals surface area contributed by atoms with E-state index in [-0.39, 0.29) is 0 Å². The van der Waals surface area contributed by atoms with Crippen molar-refractivity contribution in [3.63, 3.8) is 0 Å². The molecular formula is C10H14O2. The van der Waals surface area contributed by atoms with Gasteiger partial charge in [-0.2, -0.15) is 0 Å². The number of aldehydes is 1. The highest BCUT2D eigenvalue weighted by Gasteiger charge is 2.05. The van der Waals surface area contributed by atoms with Crippen LogP contribution in [0.1, 0.15) is 25.7 Å². The van der Waals surface area contributed by atoms with Crippen molar-refractivity contribution < 1.29 is 9.53 Å². The minimum absolute atomic E-state index is 0.641. The second-order valence-corrected chi connectivity index (χ2v) is 2.87. The molecule has 0 unspecified atom stereocenters. The molecule has 0 saturated heterocycles. The van der Waals surface area contributed by atoms with Crippen molar-refractivity contribution in [3.05, 3.63) is 23.5 Å². The second kappa shape index (κ2) is 4.75. The Morgan fingerprint density at radius 2 is 2.33 bits per heavy atom. The highest BCUT2D eigenvalue weighted by Crippen LogP contribution is 2.21. The lowest BCUT2D eigenvalue weighted by molar-refractivity contribution is -0.107. The van der Waals surface area contributed by atoms with Gasteiger partial charge in [-0.25, -0.2) is 0 Å². The monoisotopic (exact) mass is 166 g/mol. The third-order valence-corrected chi connectivity index (χ3v) is 2.04. The lowest BCUT2D eigenvalue weighted by Gasteiger charge is -2.12. The van der Waals surface area contributed by atoms with Gasteiger partial charge in [0, 0.05) is 12.8 Å². The Hall–Kier alpha value is -1.05. The highest BCUT2D eigenvalue weighted by molar-refractivity contribution is 5.50. The molecule has 66 valence electrons. The summed E-state index contributed by atoms with van der Waals surface area (Å²) >= 11 is 0. The predicted molar refractivity (Wildman–Crippen MR) is 47.7 cm³/mol. The number of carbonyl (C=O) groups is 1. The second-order valence-electron chi connectivity index (χ2n) is 2.87. The summed E-state index contributed by atoms with van der Waals surface area (Å²) in [7, 11) is 1.69. The van der Waals surface area contributed by atoms with E-state index in [1.807, 2.05) is 6.08 Å². The van der Waals surface area contributed by atoms with Gasteiger partial charge in [-0.1, -0.05) is 11.6 Å². The molecule has 1 rings (SSSR count). The quantitative estimate of drug-likeness (QED) is 0.598. The van der Waals surface area contributed by atoms with E-state index in [0.29, 0.717) is 6.42 Å². The third-order valence-electron chi connectivity index (χ3n) is 2.04. The molecule has 2 heteroatoms. The fourth-order valence-electron chi connectivity index (χ4n) is 1.28. The molecule has 1 aliphatic carbocycles. The number of allylic oxidation sites excluding steroid dienone is 4. The van der Waals surface area contributed by atoms with Crippen LogP contribution in [0.25, 0.3) is 0 Å². The summed E-state index contributed by atoms with van der Waals surface area (Å²) in [5.74, 6) is 1.03. The van der Waals surface area contributed by atoms with Crippen molar-refractivity contribution in [1.82, 2.24) is 0 Å². The fourth-order valence-corrected chi connectivity index (χ4v) is 1.28. The van der Waals surface area contributed by atoms with Crippen LogP contribution >= 0.6 is 0 Å². The van der Waals surface area contributed by atoms with E-state index in [1.165, 1.54) is 5.57 Å². The van der Waals surface area contributed by atoms with Crippen LogP contribution in [0.2, 0.25) is 0 Å². The molecule has 0 fully saturated rings. The third kappa shape index (κ3) is 2.53. The van der Waals surface area contributed by atoms with Gasteiger partial charge in [0.15, 0.2) is 0 Å². The van der Waals surface area contributed by atoms with Crippen LogP contribution in [0.5, 0.6) is 0 Å². The largest absolute Gasteiger partial charge is 0.501 e. The molecule has 12 heavy (non-hydrogen) atoms. The molecule has 0 saturated carbocycles. The summed E-state index contributed by atoms with van der Waals surface area (Å²) in [4.78, 5) is 10.1. The van der Waals surface area contributed by atoms with E-state index in [4.69, 9.17) is 4.74 Å². The van der Waals surface area contributed by atoms with Crippen molar-refractivity contribution in [2.24, 2.45) is 0 Å². The number of methoxy groups -OCH3 is 1. The average molecular weight is 166 g/mol. The van der Waals surface area contributed by atoms with Gasteiger partial charge in [-0.05, 0) is 18.9 Å². The summed E-state index contributed by atoms with van der Waals surface area (Å²) in [6.45, 7) is 0. The molecule has 1 aliphatic rings. The van der Waals surface area contributed by atoms with Gasteiger partial charge < -0.3 is 9.53 Å². The van der Waals surface area contributed by atoms with Gasteiger partial charge >= 0.3 is 0 Å². The number of carbonyl (C=O) groups excluding carboxylic acids is 1. The Morgan fingerprint density at radius 3 is 2.83 bits per heavy atom. The lowest BCUT2D eigenvalue weighted by Crippen LogP contribution is -1.95. The minimum atomic E-state index is 0.641. The summed E-state index contributed by atoms with van der Waals surface area (Å²) in [5.41, 5.74) is 1.35. The van der Waals surface area contributed by atoms with Crippen molar-refractivity contribution in [1.29, 1.82) is 0 Å². The Labute approximate surface area is 72.9 Å². The molecule has 0 aromatic carbocycles. The molecule has 0 bridgehead atoms. The van der Waals surface area contributed by atoms with Crippen LogP contribution in [0.15, 0.2) is 23.5 Å². The van der Waals surface area contributed by atoms with Gasteiger partial charge in [0.05, 0.1) is 12.9 Å². The topological polar surface area (TPSA) is 26.3 Å². The van der Waals surface area contributed by atoms with E-state index < -0.39 is 0 Å². The van der Waals surface area contributed by atoms with Gasteiger partial charge in [-0.3, -0.25) is 0 Å².